The first-order chi connectivity index (χ1) is 12.2. The van der Waals surface area contributed by atoms with Gasteiger partial charge in [0.25, 0.3) is 0 Å². The van der Waals surface area contributed by atoms with Gasteiger partial charge in [-0.15, -0.1) is 0 Å². The minimum atomic E-state index is 0.549. The van der Waals surface area contributed by atoms with Gasteiger partial charge in [-0.2, -0.15) is 0 Å². The first-order valence-electron chi connectivity index (χ1n) is 8.52. The van der Waals surface area contributed by atoms with E-state index in [2.05, 4.69) is 41.7 Å². The van der Waals surface area contributed by atoms with E-state index in [9.17, 15) is 0 Å². The highest BCUT2D eigenvalue weighted by molar-refractivity contribution is 6.32. The van der Waals surface area contributed by atoms with E-state index in [0.717, 1.165) is 11.3 Å². The van der Waals surface area contributed by atoms with E-state index in [-0.39, 0.29) is 0 Å². The van der Waals surface area contributed by atoms with Crippen LogP contribution in [0.3, 0.4) is 0 Å². The lowest BCUT2D eigenvalue weighted by atomic mass is 10.1. The molecule has 0 aliphatic rings. The fraction of sp³-hybridized carbons (Fsp3) is 0.238. The molecular weight excluding hydrogens is 334 g/mol. The Bertz CT molecular complexity index is 858. The number of benzene rings is 3. The van der Waals surface area contributed by atoms with E-state index in [0.29, 0.717) is 36.3 Å². The number of nitrogens with one attached hydrogen (secondary N) is 1. The summed E-state index contributed by atoms with van der Waals surface area (Å²) >= 11 is 6.39. The van der Waals surface area contributed by atoms with Crippen LogP contribution in [0.4, 0.5) is 5.69 Å². The molecule has 130 valence electrons. The third kappa shape index (κ3) is 3.99. The Morgan fingerprint density at radius 2 is 1.68 bits per heavy atom. The molecule has 0 unspecified atom stereocenters. The summed E-state index contributed by atoms with van der Waals surface area (Å²) in [6.07, 6.45) is 0. The van der Waals surface area contributed by atoms with E-state index in [1.165, 1.54) is 10.8 Å². The second-order valence-corrected chi connectivity index (χ2v) is 6.06. The SMILES string of the molecule is CCOc1cc(CNc2cccc3ccccc23)cc(Cl)c1OCC. The largest absolute Gasteiger partial charge is 0.490 e. The van der Waals surface area contributed by atoms with Crippen LogP contribution >= 0.6 is 11.6 Å². The summed E-state index contributed by atoms with van der Waals surface area (Å²) in [7, 11) is 0. The molecule has 0 saturated carbocycles. The lowest BCUT2D eigenvalue weighted by molar-refractivity contribution is 0.287. The number of fused-ring (bicyclic) bond motifs is 1. The second-order valence-electron chi connectivity index (χ2n) is 5.65. The number of hydrogen-bond donors (Lipinski definition) is 1. The standard InChI is InChI=1S/C21H22ClNO2/c1-3-24-20-13-15(12-18(22)21(20)25-4-2)14-23-19-11-7-9-16-8-5-6-10-17(16)19/h5-13,23H,3-4,14H2,1-2H3. The van der Waals surface area contributed by atoms with E-state index < -0.39 is 0 Å². The monoisotopic (exact) mass is 355 g/mol. The van der Waals surface area contributed by atoms with Gasteiger partial charge in [-0.25, -0.2) is 0 Å². The van der Waals surface area contributed by atoms with Gasteiger partial charge in [-0.05, 0) is 43.0 Å². The van der Waals surface area contributed by atoms with Gasteiger partial charge in [0.05, 0.1) is 18.2 Å². The predicted octanol–water partition coefficient (Wildman–Crippen LogP) is 5.90. The molecule has 1 N–H and O–H groups in total. The molecule has 0 aliphatic carbocycles. The molecule has 0 heterocycles. The molecule has 3 aromatic carbocycles. The molecule has 0 saturated heterocycles. The molecular formula is C21H22ClNO2. The van der Waals surface area contributed by atoms with Crippen molar-refractivity contribution in [3.05, 3.63) is 65.2 Å². The summed E-state index contributed by atoms with van der Waals surface area (Å²) in [5, 5.41) is 6.48. The molecule has 0 fully saturated rings. The van der Waals surface area contributed by atoms with Crippen molar-refractivity contribution < 1.29 is 9.47 Å². The van der Waals surface area contributed by atoms with Crippen molar-refractivity contribution in [2.24, 2.45) is 0 Å². The number of anilines is 1. The highest BCUT2D eigenvalue weighted by Crippen LogP contribution is 2.37. The Labute approximate surface area is 153 Å². The molecule has 25 heavy (non-hydrogen) atoms. The Morgan fingerprint density at radius 3 is 2.48 bits per heavy atom. The maximum Gasteiger partial charge on any atom is 0.179 e. The van der Waals surface area contributed by atoms with Crippen LogP contribution in [-0.4, -0.2) is 13.2 Å². The lowest BCUT2D eigenvalue weighted by Crippen LogP contribution is -2.03. The number of rotatable bonds is 7. The van der Waals surface area contributed by atoms with Gasteiger partial charge in [-0.1, -0.05) is 48.0 Å². The van der Waals surface area contributed by atoms with Crippen molar-refractivity contribution in [3.8, 4) is 11.5 Å². The molecule has 0 radical (unpaired) electrons. The minimum absolute atomic E-state index is 0.549. The van der Waals surface area contributed by atoms with Crippen molar-refractivity contribution in [3.63, 3.8) is 0 Å². The van der Waals surface area contributed by atoms with Gasteiger partial charge < -0.3 is 14.8 Å². The summed E-state index contributed by atoms with van der Waals surface area (Å²) in [5.74, 6) is 1.30. The molecule has 3 rings (SSSR count). The first kappa shape index (κ1) is 17.4. The van der Waals surface area contributed by atoms with Crippen LogP contribution in [0.2, 0.25) is 5.02 Å². The lowest BCUT2D eigenvalue weighted by Gasteiger charge is -2.15. The highest BCUT2D eigenvalue weighted by Gasteiger charge is 2.12. The van der Waals surface area contributed by atoms with E-state index in [1.54, 1.807) is 0 Å². The molecule has 0 amide bonds. The maximum absolute atomic E-state index is 6.39. The van der Waals surface area contributed by atoms with E-state index in [4.69, 9.17) is 21.1 Å². The molecule has 0 aromatic heterocycles. The normalized spacial score (nSPS) is 10.7. The third-order valence-corrected chi connectivity index (χ3v) is 4.21. The summed E-state index contributed by atoms with van der Waals surface area (Å²) in [6.45, 7) is 5.65. The zero-order valence-electron chi connectivity index (χ0n) is 14.5. The average Bonchev–Trinajstić information content (AvgIpc) is 2.63. The quantitative estimate of drug-likeness (QED) is 0.572. The Hall–Kier alpha value is -2.39. The number of hydrogen-bond acceptors (Lipinski definition) is 3. The van der Waals surface area contributed by atoms with Crippen molar-refractivity contribution in [2.45, 2.75) is 20.4 Å². The molecule has 0 aliphatic heterocycles. The maximum atomic E-state index is 6.39. The van der Waals surface area contributed by atoms with Crippen molar-refractivity contribution in [2.75, 3.05) is 18.5 Å². The third-order valence-electron chi connectivity index (χ3n) is 3.93. The average molecular weight is 356 g/mol. The van der Waals surface area contributed by atoms with Crippen LogP contribution in [0.1, 0.15) is 19.4 Å². The van der Waals surface area contributed by atoms with Crippen LogP contribution in [0.25, 0.3) is 10.8 Å². The van der Waals surface area contributed by atoms with Crippen LogP contribution in [-0.2, 0) is 6.54 Å². The topological polar surface area (TPSA) is 30.5 Å². The summed E-state index contributed by atoms with van der Waals surface area (Å²) in [6, 6.07) is 18.5. The van der Waals surface area contributed by atoms with Crippen LogP contribution in [0, 0.1) is 0 Å². The van der Waals surface area contributed by atoms with E-state index >= 15 is 0 Å². The van der Waals surface area contributed by atoms with Crippen molar-refractivity contribution >= 4 is 28.1 Å². The molecule has 4 heteroatoms. The fourth-order valence-electron chi connectivity index (χ4n) is 2.85. The van der Waals surface area contributed by atoms with Crippen LogP contribution in [0.15, 0.2) is 54.6 Å². The summed E-state index contributed by atoms with van der Waals surface area (Å²) in [4.78, 5) is 0. The molecule has 3 aromatic rings. The molecule has 3 nitrogen and oxygen atoms in total. The van der Waals surface area contributed by atoms with E-state index in [1.807, 2.05) is 32.0 Å². The van der Waals surface area contributed by atoms with Crippen molar-refractivity contribution in [1.29, 1.82) is 0 Å². The fourth-order valence-corrected chi connectivity index (χ4v) is 3.14. The van der Waals surface area contributed by atoms with Gasteiger partial charge in [0.2, 0.25) is 0 Å². The Morgan fingerprint density at radius 1 is 0.920 bits per heavy atom. The zero-order chi connectivity index (χ0) is 17.6. The van der Waals surface area contributed by atoms with Gasteiger partial charge in [-0.3, -0.25) is 0 Å². The van der Waals surface area contributed by atoms with Gasteiger partial charge in [0.1, 0.15) is 0 Å². The van der Waals surface area contributed by atoms with Gasteiger partial charge >= 0.3 is 0 Å². The molecule has 0 bridgehead atoms. The smallest absolute Gasteiger partial charge is 0.179 e. The second kappa shape index (κ2) is 8.13. The molecule has 0 spiro atoms. The van der Waals surface area contributed by atoms with Crippen LogP contribution < -0.4 is 14.8 Å². The van der Waals surface area contributed by atoms with Crippen LogP contribution in [0.5, 0.6) is 11.5 Å². The van der Waals surface area contributed by atoms with Gasteiger partial charge in [0.15, 0.2) is 11.5 Å². The molecule has 0 atom stereocenters. The minimum Gasteiger partial charge on any atom is -0.490 e. The number of halogens is 1. The zero-order valence-corrected chi connectivity index (χ0v) is 15.3. The first-order valence-corrected chi connectivity index (χ1v) is 8.90. The van der Waals surface area contributed by atoms with Crippen molar-refractivity contribution in [1.82, 2.24) is 0 Å². The predicted molar refractivity (Wildman–Crippen MR) is 105 cm³/mol. The Balaban J connectivity index is 1.85. The highest BCUT2D eigenvalue weighted by atomic mass is 35.5. The number of ether oxygens (including phenoxy) is 2. The Kier molecular flexibility index (Phi) is 5.67. The van der Waals surface area contributed by atoms with Gasteiger partial charge in [0, 0.05) is 17.6 Å². The summed E-state index contributed by atoms with van der Waals surface area (Å²) < 4.78 is 11.3. The summed E-state index contributed by atoms with van der Waals surface area (Å²) in [5.41, 5.74) is 2.14.